The van der Waals surface area contributed by atoms with E-state index in [2.05, 4.69) is 10.1 Å². The maximum atomic E-state index is 11.7. The van der Waals surface area contributed by atoms with Crippen molar-refractivity contribution in [1.29, 1.82) is 0 Å². The first kappa shape index (κ1) is 12.6. The summed E-state index contributed by atoms with van der Waals surface area (Å²) < 4.78 is 4.76. The molecule has 0 fully saturated rings. The first-order chi connectivity index (χ1) is 9.64. The van der Waals surface area contributed by atoms with Gasteiger partial charge in [-0.2, -0.15) is 0 Å². The zero-order valence-corrected chi connectivity index (χ0v) is 11.3. The van der Waals surface area contributed by atoms with Gasteiger partial charge in [-0.05, 0) is 13.0 Å². The number of aromatic nitrogens is 1. The van der Waals surface area contributed by atoms with Gasteiger partial charge >= 0.3 is 5.97 Å². The molecule has 2 heterocycles. The molecule has 1 aromatic heterocycles. The van der Waals surface area contributed by atoms with Crippen LogP contribution in [0.5, 0.6) is 0 Å². The van der Waals surface area contributed by atoms with Crippen LogP contribution in [0.15, 0.2) is 41.7 Å². The van der Waals surface area contributed by atoms with Gasteiger partial charge in [0.1, 0.15) is 0 Å². The number of carbonyl (C=O) groups is 1. The number of rotatable bonds is 2. The molecule has 0 spiro atoms. The van der Waals surface area contributed by atoms with Crippen LogP contribution in [0.4, 0.5) is 0 Å². The molecule has 0 aliphatic carbocycles. The van der Waals surface area contributed by atoms with E-state index in [1.165, 1.54) is 7.11 Å². The first-order valence-corrected chi connectivity index (χ1v) is 6.32. The zero-order chi connectivity index (χ0) is 14.2. The Kier molecular flexibility index (Phi) is 2.89. The predicted octanol–water partition coefficient (Wildman–Crippen LogP) is 2.29. The molecule has 1 unspecified atom stereocenters. The summed E-state index contributed by atoms with van der Waals surface area (Å²) in [5.74, 6) is -0.426. The number of benzene rings is 1. The first-order valence-electron chi connectivity index (χ1n) is 6.32. The van der Waals surface area contributed by atoms with Crippen molar-refractivity contribution >= 4 is 22.6 Å². The van der Waals surface area contributed by atoms with E-state index in [4.69, 9.17) is 9.57 Å². The van der Waals surface area contributed by atoms with Crippen LogP contribution in [0, 0.1) is 0 Å². The molecule has 0 saturated heterocycles. The van der Waals surface area contributed by atoms with Gasteiger partial charge in [0.25, 0.3) is 0 Å². The van der Waals surface area contributed by atoms with E-state index in [0.717, 1.165) is 16.5 Å². The molecular weight excluding hydrogens is 256 g/mol. The van der Waals surface area contributed by atoms with Crippen LogP contribution in [0.3, 0.4) is 0 Å². The molecule has 1 atom stereocenters. The van der Waals surface area contributed by atoms with Crippen LogP contribution in [0.2, 0.25) is 0 Å². The Bertz CT molecular complexity index is 706. The number of esters is 1. The second-order valence-electron chi connectivity index (χ2n) is 4.91. The van der Waals surface area contributed by atoms with Crippen molar-refractivity contribution in [3.8, 4) is 0 Å². The standard InChI is InChI=1S/C15H14N2O3/c1-15(14(18)19-2)9-12(17-20-15)11-7-3-5-10-6-4-8-16-13(10)11/h3-8H,9H2,1-2H3. The summed E-state index contributed by atoms with van der Waals surface area (Å²) in [5.41, 5.74) is 1.39. The van der Waals surface area contributed by atoms with Crippen molar-refractivity contribution in [3.63, 3.8) is 0 Å². The quantitative estimate of drug-likeness (QED) is 0.785. The lowest BCUT2D eigenvalue weighted by atomic mass is 9.95. The second-order valence-corrected chi connectivity index (χ2v) is 4.91. The molecule has 20 heavy (non-hydrogen) atoms. The Morgan fingerprint density at radius 1 is 1.35 bits per heavy atom. The Hall–Kier alpha value is -2.43. The zero-order valence-electron chi connectivity index (χ0n) is 11.3. The summed E-state index contributed by atoms with van der Waals surface area (Å²) in [4.78, 5) is 21.4. The average Bonchev–Trinajstić information content (AvgIpc) is 2.89. The van der Waals surface area contributed by atoms with Crippen molar-refractivity contribution in [2.75, 3.05) is 7.11 Å². The van der Waals surface area contributed by atoms with Gasteiger partial charge in [-0.3, -0.25) is 4.98 Å². The number of hydrogen-bond donors (Lipinski definition) is 0. The summed E-state index contributed by atoms with van der Waals surface area (Å²) in [6.45, 7) is 1.67. The molecule has 0 radical (unpaired) electrons. The smallest absolute Gasteiger partial charge is 0.353 e. The van der Waals surface area contributed by atoms with Crippen molar-refractivity contribution < 1.29 is 14.4 Å². The summed E-state index contributed by atoms with van der Waals surface area (Å²) in [6.07, 6.45) is 2.11. The van der Waals surface area contributed by atoms with Crippen molar-refractivity contribution in [1.82, 2.24) is 4.98 Å². The molecule has 0 bridgehead atoms. The van der Waals surface area contributed by atoms with Gasteiger partial charge < -0.3 is 9.57 Å². The van der Waals surface area contributed by atoms with Crippen LogP contribution in [0.1, 0.15) is 18.9 Å². The molecule has 2 aromatic rings. The van der Waals surface area contributed by atoms with Gasteiger partial charge in [-0.1, -0.05) is 29.4 Å². The maximum absolute atomic E-state index is 11.7. The fraction of sp³-hybridized carbons (Fsp3) is 0.267. The molecule has 1 aliphatic rings. The number of nitrogens with zero attached hydrogens (tertiary/aromatic N) is 2. The highest BCUT2D eigenvalue weighted by Crippen LogP contribution is 2.29. The van der Waals surface area contributed by atoms with Crippen molar-refractivity contribution in [2.24, 2.45) is 5.16 Å². The highest BCUT2D eigenvalue weighted by Gasteiger charge is 2.43. The highest BCUT2D eigenvalue weighted by atomic mass is 16.7. The van der Waals surface area contributed by atoms with Gasteiger partial charge in [-0.15, -0.1) is 0 Å². The van der Waals surface area contributed by atoms with E-state index in [1.54, 1.807) is 13.1 Å². The van der Waals surface area contributed by atoms with E-state index < -0.39 is 11.6 Å². The van der Waals surface area contributed by atoms with E-state index in [9.17, 15) is 4.79 Å². The molecule has 102 valence electrons. The lowest BCUT2D eigenvalue weighted by Gasteiger charge is -2.17. The van der Waals surface area contributed by atoms with E-state index in [0.29, 0.717) is 12.1 Å². The maximum Gasteiger partial charge on any atom is 0.353 e. The summed E-state index contributed by atoms with van der Waals surface area (Å²) >= 11 is 0. The Balaban J connectivity index is 2.00. The largest absolute Gasteiger partial charge is 0.466 e. The number of methoxy groups -OCH3 is 1. The lowest BCUT2D eigenvalue weighted by molar-refractivity contribution is -0.164. The topological polar surface area (TPSA) is 60.8 Å². The highest BCUT2D eigenvalue weighted by molar-refractivity contribution is 6.11. The molecule has 3 rings (SSSR count). The third-order valence-electron chi connectivity index (χ3n) is 3.42. The van der Waals surface area contributed by atoms with Gasteiger partial charge in [0, 0.05) is 23.6 Å². The molecule has 0 N–H and O–H groups in total. The fourth-order valence-electron chi connectivity index (χ4n) is 2.35. The number of para-hydroxylation sites is 1. The van der Waals surface area contributed by atoms with Gasteiger partial charge in [0.2, 0.25) is 5.60 Å². The Morgan fingerprint density at radius 3 is 2.95 bits per heavy atom. The van der Waals surface area contributed by atoms with Gasteiger partial charge in [-0.25, -0.2) is 4.79 Å². The third kappa shape index (κ3) is 1.91. The third-order valence-corrected chi connectivity index (χ3v) is 3.42. The van der Waals surface area contributed by atoms with Crippen LogP contribution in [0.25, 0.3) is 10.9 Å². The number of fused-ring (bicyclic) bond motifs is 1. The van der Waals surface area contributed by atoms with E-state index in [1.807, 2.05) is 30.3 Å². The normalized spacial score (nSPS) is 21.4. The molecular formula is C15H14N2O3. The number of carbonyl (C=O) groups excluding carboxylic acids is 1. The van der Waals surface area contributed by atoms with E-state index >= 15 is 0 Å². The lowest BCUT2D eigenvalue weighted by Crippen LogP contribution is -2.36. The van der Waals surface area contributed by atoms with Gasteiger partial charge in [0.05, 0.1) is 18.3 Å². The molecule has 0 saturated carbocycles. The minimum Gasteiger partial charge on any atom is -0.466 e. The molecule has 5 nitrogen and oxygen atoms in total. The SMILES string of the molecule is COC(=O)C1(C)CC(c2cccc3cccnc23)=NO1. The Labute approximate surface area is 116 Å². The van der Waals surface area contributed by atoms with E-state index in [-0.39, 0.29) is 0 Å². The number of ether oxygens (including phenoxy) is 1. The summed E-state index contributed by atoms with van der Waals surface area (Å²) in [5, 5.41) is 5.08. The number of oxime groups is 1. The molecule has 1 aromatic carbocycles. The van der Waals surface area contributed by atoms with Crippen LogP contribution < -0.4 is 0 Å². The second kappa shape index (κ2) is 4.59. The monoisotopic (exact) mass is 270 g/mol. The van der Waals surface area contributed by atoms with Crippen molar-refractivity contribution in [2.45, 2.75) is 18.9 Å². The summed E-state index contributed by atoms with van der Waals surface area (Å²) in [7, 11) is 1.34. The van der Waals surface area contributed by atoms with Gasteiger partial charge in [0.15, 0.2) is 0 Å². The predicted molar refractivity (Wildman–Crippen MR) is 74.4 cm³/mol. The average molecular weight is 270 g/mol. The van der Waals surface area contributed by atoms with Crippen molar-refractivity contribution in [3.05, 3.63) is 42.1 Å². The fourth-order valence-corrected chi connectivity index (χ4v) is 2.35. The molecule has 1 aliphatic heterocycles. The number of pyridine rings is 1. The molecule has 5 heteroatoms. The number of hydrogen-bond acceptors (Lipinski definition) is 5. The molecule has 0 amide bonds. The minimum absolute atomic E-state index is 0.370. The summed E-state index contributed by atoms with van der Waals surface area (Å²) in [6, 6.07) is 9.73. The Morgan fingerprint density at radius 2 is 2.15 bits per heavy atom. The van der Waals surface area contributed by atoms with Crippen LogP contribution in [-0.2, 0) is 14.4 Å². The minimum atomic E-state index is -1.05. The van der Waals surface area contributed by atoms with Crippen LogP contribution in [-0.4, -0.2) is 29.4 Å². The van der Waals surface area contributed by atoms with Crippen LogP contribution >= 0.6 is 0 Å².